The lowest BCUT2D eigenvalue weighted by molar-refractivity contribution is -0.157. The van der Waals surface area contributed by atoms with E-state index in [1.165, 1.54) is 0 Å². The van der Waals surface area contributed by atoms with Gasteiger partial charge in [-0.3, -0.25) is 14.4 Å². The Hall–Kier alpha value is -3.75. The van der Waals surface area contributed by atoms with Crippen molar-refractivity contribution in [2.24, 2.45) is 17.8 Å². The average Bonchev–Trinajstić information content (AvgIpc) is 3.58. The second-order valence-electron chi connectivity index (χ2n) is 13.0. The van der Waals surface area contributed by atoms with Crippen LogP contribution < -0.4 is 0 Å². The van der Waals surface area contributed by atoms with Crippen molar-refractivity contribution in [1.82, 2.24) is 14.7 Å². The largest absolute Gasteiger partial charge is 0.394 e. The lowest BCUT2D eigenvalue weighted by Crippen LogP contribution is -2.59. The standard InChI is InChI=1S/C36H45N3O5/c1-6-20-37(22-26-14-10-8-11-15-26)32(41)29-30-33(42)39(28(24-40)25(3)4)31(36(30)19-18-35(29,5)44-36)34(43)38(21-7-2)23-27-16-12-9-13-17-27/h6-17,25,28-31,40H,1-2,18-24H2,3-5H3/t28-,29+,30-,31?,35-,36?/m0/s1. The molecule has 2 aromatic rings. The molecular weight excluding hydrogens is 554 g/mol. The minimum atomic E-state index is -1.19. The van der Waals surface area contributed by atoms with Crippen LogP contribution in [0.15, 0.2) is 86.0 Å². The normalized spacial score (nSPS) is 27.7. The second-order valence-corrected chi connectivity index (χ2v) is 13.0. The number of fused-ring (bicyclic) bond motifs is 1. The molecular formula is C36H45N3O5. The molecule has 3 fully saturated rings. The van der Waals surface area contributed by atoms with Crippen LogP contribution in [0.25, 0.3) is 0 Å². The number of likely N-dealkylation sites (tertiary alicyclic amines) is 1. The molecule has 3 saturated heterocycles. The third-order valence-corrected chi connectivity index (χ3v) is 9.78. The molecule has 0 radical (unpaired) electrons. The monoisotopic (exact) mass is 599 g/mol. The molecule has 2 aromatic carbocycles. The molecule has 2 bridgehead atoms. The van der Waals surface area contributed by atoms with Crippen molar-refractivity contribution < 1.29 is 24.2 Å². The predicted molar refractivity (Wildman–Crippen MR) is 169 cm³/mol. The molecule has 3 heterocycles. The number of hydrogen-bond donors (Lipinski definition) is 1. The van der Waals surface area contributed by atoms with Gasteiger partial charge in [-0.15, -0.1) is 13.2 Å². The Morgan fingerprint density at radius 3 is 1.95 bits per heavy atom. The quantitative estimate of drug-likeness (QED) is 0.349. The van der Waals surface area contributed by atoms with E-state index in [0.717, 1.165) is 11.1 Å². The fourth-order valence-corrected chi connectivity index (χ4v) is 7.75. The van der Waals surface area contributed by atoms with Crippen LogP contribution in [-0.2, 0) is 32.2 Å². The van der Waals surface area contributed by atoms with E-state index >= 15 is 0 Å². The summed E-state index contributed by atoms with van der Waals surface area (Å²) < 4.78 is 6.88. The van der Waals surface area contributed by atoms with Crippen molar-refractivity contribution in [2.45, 2.75) is 70.0 Å². The van der Waals surface area contributed by atoms with Crippen LogP contribution in [0.1, 0.15) is 44.7 Å². The number of amides is 3. The minimum absolute atomic E-state index is 0.131. The van der Waals surface area contributed by atoms with E-state index in [4.69, 9.17) is 4.74 Å². The third-order valence-electron chi connectivity index (χ3n) is 9.78. The van der Waals surface area contributed by atoms with Crippen LogP contribution in [0.3, 0.4) is 0 Å². The average molecular weight is 600 g/mol. The van der Waals surface area contributed by atoms with Crippen LogP contribution in [0.5, 0.6) is 0 Å². The molecule has 6 atom stereocenters. The van der Waals surface area contributed by atoms with Crippen molar-refractivity contribution in [3.63, 3.8) is 0 Å². The molecule has 2 unspecified atom stereocenters. The zero-order chi connectivity index (χ0) is 31.6. The lowest BCUT2D eigenvalue weighted by atomic mass is 9.66. The van der Waals surface area contributed by atoms with Gasteiger partial charge >= 0.3 is 0 Å². The first-order valence-electron chi connectivity index (χ1n) is 15.6. The highest BCUT2D eigenvalue weighted by Gasteiger charge is 2.79. The molecule has 3 aliphatic heterocycles. The summed E-state index contributed by atoms with van der Waals surface area (Å²) >= 11 is 0. The minimum Gasteiger partial charge on any atom is -0.394 e. The Kier molecular flexibility index (Phi) is 9.14. The Bertz CT molecular complexity index is 1380. The maximum absolute atomic E-state index is 14.7. The SMILES string of the molecule is C=CCN(Cc1ccccc1)C(=O)C1N([C@@H](CO)C(C)C)C(=O)[C@@H]2[C@H](C(=O)N(CC=C)Cc3ccccc3)[C@]3(C)CCC12O3. The first kappa shape index (κ1) is 31.7. The molecule has 8 nitrogen and oxygen atoms in total. The van der Waals surface area contributed by atoms with Gasteiger partial charge in [0.2, 0.25) is 17.7 Å². The Labute approximate surface area is 261 Å². The number of ether oxygens (including phenoxy) is 1. The van der Waals surface area contributed by atoms with Gasteiger partial charge in [0.1, 0.15) is 11.6 Å². The Morgan fingerprint density at radius 2 is 1.48 bits per heavy atom. The van der Waals surface area contributed by atoms with E-state index in [-0.39, 0.29) is 36.8 Å². The first-order chi connectivity index (χ1) is 21.1. The molecule has 1 spiro atoms. The number of aliphatic hydroxyl groups excluding tert-OH is 1. The second kappa shape index (κ2) is 12.7. The highest BCUT2D eigenvalue weighted by atomic mass is 16.5. The third kappa shape index (κ3) is 5.39. The smallest absolute Gasteiger partial charge is 0.249 e. The number of rotatable bonds is 13. The van der Waals surface area contributed by atoms with Gasteiger partial charge in [-0.05, 0) is 36.8 Å². The zero-order valence-corrected chi connectivity index (χ0v) is 26.1. The van der Waals surface area contributed by atoms with E-state index in [9.17, 15) is 19.5 Å². The lowest BCUT2D eigenvalue weighted by Gasteiger charge is -2.40. The van der Waals surface area contributed by atoms with Crippen molar-refractivity contribution in [2.75, 3.05) is 19.7 Å². The van der Waals surface area contributed by atoms with Gasteiger partial charge in [-0.25, -0.2) is 0 Å². The first-order valence-corrected chi connectivity index (χ1v) is 15.6. The molecule has 0 aromatic heterocycles. The maximum atomic E-state index is 14.7. The van der Waals surface area contributed by atoms with Gasteiger partial charge in [0, 0.05) is 26.2 Å². The van der Waals surface area contributed by atoms with Gasteiger partial charge in [-0.2, -0.15) is 0 Å². The van der Waals surface area contributed by atoms with Gasteiger partial charge in [0.15, 0.2) is 0 Å². The number of carbonyl (C=O) groups is 3. The highest BCUT2D eigenvalue weighted by Crippen LogP contribution is 2.64. The van der Waals surface area contributed by atoms with Crippen molar-refractivity contribution in [3.05, 3.63) is 97.1 Å². The summed E-state index contributed by atoms with van der Waals surface area (Å²) in [4.78, 5) is 48.9. The fourth-order valence-electron chi connectivity index (χ4n) is 7.75. The topological polar surface area (TPSA) is 90.4 Å². The molecule has 5 rings (SSSR count). The molecule has 3 amide bonds. The van der Waals surface area contributed by atoms with Crippen LogP contribution >= 0.6 is 0 Å². The van der Waals surface area contributed by atoms with Crippen LogP contribution in [0, 0.1) is 17.8 Å². The molecule has 0 saturated carbocycles. The van der Waals surface area contributed by atoms with Gasteiger partial charge in [0.25, 0.3) is 0 Å². The Morgan fingerprint density at radius 1 is 0.955 bits per heavy atom. The summed E-state index contributed by atoms with van der Waals surface area (Å²) in [6.45, 7) is 14.5. The predicted octanol–water partition coefficient (Wildman–Crippen LogP) is 4.20. The summed E-state index contributed by atoms with van der Waals surface area (Å²) in [7, 11) is 0. The van der Waals surface area contributed by atoms with Gasteiger partial charge < -0.3 is 24.5 Å². The number of nitrogens with zero attached hydrogens (tertiary/aromatic N) is 3. The van der Waals surface area contributed by atoms with Crippen LogP contribution in [-0.4, -0.2) is 80.5 Å². The number of benzene rings is 2. The summed E-state index contributed by atoms with van der Waals surface area (Å²) in [5.74, 6) is -2.49. The number of carbonyl (C=O) groups excluding carboxylic acids is 3. The fraction of sp³-hybridized carbons (Fsp3) is 0.472. The molecule has 1 N–H and O–H groups in total. The van der Waals surface area contributed by atoms with E-state index in [2.05, 4.69) is 13.2 Å². The van der Waals surface area contributed by atoms with Crippen molar-refractivity contribution in [1.29, 1.82) is 0 Å². The molecule has 234 valence electrons. The molecule has 8 heteroatoms. The molecule has 44 heavy (non-hydrogen) atoms. The molecule has 3 aliphatic rings. The van der Waals surface area contributed by atoms with E-state index < -0.39 is 35.1 Å². The maximum Gasteiger partial charge on any atom is 0.249 e. The summed E-state index contributed by atoms with van der Waals surface area (Å²) in [6.07, 6.45) is 4.39. The van der Waals surface area contributed by atoms with E-state index in [1.54, 1.807) is 26.9 Å². The van der Waals surface area contributed by atoms with Gasteiger partial charge in [0.05, 0.1) is 30.1 Å². The van der Waals surface area contributed by atoms with E-state index in [0.29, 0.717) is 32.5 Å². The van der Waals surface area contributed by atoms with Gasteiger partial charge in [-0.1, -0.05) is 86.7 Å². The van der Waals surface area contributed by atoms with Crippen molar-refractivity contribution >= 4 is 17.7 Å². The summed E-state index contributed by atoms with van der Waals surface area (Å²) in [6, 6.07) is 17.8. The van der Waals surface area contributed by atoms with Crippen molar-refractivity contribution in [3.8, 4) is 0 Å². The van der Waals surface area contributed by atoms with Crippen LogP contribution in [0.2, 0.25) is 0 Å². The van der Waals surface area contributed by atoms with E-state index in [1.807, 2.05) is 81.4 Å². The summed E-state index contributed by atoms with van der Waals surface area (Å²) in [5, 5.41) is 10.6. The number of aliphatic hydroxyl groups is 1. The molecule has 0 aliphatic carbocycles. The Balaban J connectivity index is 1.57. The zero-order valence-electron chi connectivity index (χ0n) is 26.1. The van der Waals surface area contributed by atoms with Crippen LogP contribution in [0.4, 0.5) is 0 Å². The number of hydrogen-bond acceptors (Lipinski definition) is 5. The highest BCUT2D eigenvalue weighted by molar-refractivity contribution is 5.99. The summed E-state index contributed by atoms with van der Waals surface area (Å²) in [5.41, 5.74) is -0.172.